The topological polar surface area (TPSA) is 94.8 Å². The molecule has 4 aliphatic rings. The number of piperidine rings is 1. The zero-order valence-corrected chi connectivity index (χ0v) is 12.1. The number of rotatable bonds is 3. The molecule has 116 valence electrons. The van der Waals surface area contributed by atoms with E-state index < -0.39 is 17.5 Å². The van der Waals surface area contributed by atoms with Crippen molar-refractivity contribution in [3.63, 3.8) is 0 Å². The molecule has 0 unspecified atom stereocenters. The Labute approximate surface area is 126 Å². The summed E-state index contributed by atoms with van der Waals surface area (Å²) in [5.41, 5.74) is -0.337. The van der Waals surface area contributed by atoms with Crippen LogP contribution in [-0.2, 0) is 25.5 Å². The van der Waals surface area contributed by atoms with Gasteiger partial charge in [-0.25, -0.2) is 9.59 Å². The molecule has 0 aliphatic carbocycles. The Morgan fingerprint density at radius 3 is 2.73 bits per heavy atom. The number of ether oxygens (including phenoxy) is 2. The van der Waals surface area contributed by atoms with Gasteiger partial charge in [0.25, 0.3) is 0 Å². The summed E-state index contributed by atoms with van der Waals surface area (Å²) in [4.78, 5) is 29.8. The molecule has 1 aromatic heterocycles. The minimum atomic E-state index is -1.000. The van der Waals surface area contributed by atoms with Gasteiger partial charge < -0.3 is 18.9 Å². The molecule has 0 N–H and O–H groups in total. The number of carbonyl (C=O) groups excluding carboxylic acids is 2. The Balaban J connectivity index is 1.85. The van der Waals surface area contributed by atoms with E-state index in [-0.39, 0.29) is 0 Å². The van der Waals surface area contributed by atoms with Crippen molar-refractivity contribution in [2.24, 2.45) is 0 Å². The first-order chi connectivity index (χ1) is 10.6. The van der Waals surface area contributed by atoms with Crippen LogP contribution in [0.4, 0.5) is 0 Å². The van der Waals surface area contributed by atoms with E-state index in [2.05, 4.69) is 10.1 Å². The van der Waals surface area contributed by atoms with Gasteiger partial charge in [-0.3, -0.25) is 0 Å². The fourth-order valence-electron chi connectivity index (χ4n) is 3.26. The van der Waals surface area contributed by atoms with E-state index in [0.717, 1.165) is 6.42 Å². The molecular formula is C14H15N3O5. The van der Waals surface area contributed by atoms with Gasteiger partial charge in [0, 0.05) is 32.4 Å². The molecule has 0 saturated carbocycles. The van der Waals surface area contributed by atoms with Crippen molar-refractivity contribution in [3.8, 4) is 0 Å². The number of nitrogens with zero attached hydrogens (tertiary/aromatic N) is 3. The van der Waals surface area contributed by atoms with Gasteiger partial charge in [-0.1, -0.05) is 12.1 Å². The monoisotopic (exact) mass is 305 g/mol. The van der Waals surface area contributed by atoms with Gasteiger partial charge in [-0.2, -0.15) is 4.98 Å². The third-order valence-corrected chi connectivity index (χ3v) is 4.33. The molecule has 3 bridgehead atoms. The summed E-state index contributed by atoms with van der Waals surface area (Å²) in [6, 6.07) is 0. The van der Waals surface area contributed by atoms with Crippen LogP contribution >= 0.6 is 0 Å². The lowest BCUT2D eigenvalue weighted by atomic mass is 9.79. The summed E-state index contributed by atoms with van der Waals surface area (Å²) < 4.78 is 15.9. The number of esters is 2. The zero-order chi connectivity index (χ0) is 15.3. The first-order valence-electron chi connectivity index (χ1n) is 7.41. The summed E-state index contributed by atoms with van der Waals surface area (Å²) in [5, 5.41) is 3.99. The fourth-order valence-corrected chi connectivity index (χ4v) is 3.26. The molecule has 8 nitrogen and oxygen atoms in total. The number of aryl methyl sites for hydroxylation is 1. The average Bonchev–Trinajstić information content (AvgIpc) is 2.94. The fraction of sp³-hybridized carbons (Fsp3) is 0.571. The van der Waals surface area contributed by atoms with Crippen LogP contribution in [0.2, 0.25) is 0 Å². The molecule has 8 heteroatoms. The summed E-state index contributed by atoms with van der Waals surface area (Å²) in [6.45, 7) is 3.35. The van der Waals surface area contributed by atoms with Gasteiger partial charge >= 0.3 is 11.9 Å². The van der Waals surface area contributed by atoms with Crippen LogP contribution in [0.15, 0.2) is 10.4 Å². The number of aromatic nitrogens is 2. The van der Waals surface area contributed by atoms with Crippen LogP contribution in [-0.4, -0.2) is 45.7 Å². The number of hydrogen-bond donors (Lipinski definition) is 0. The lowest BCUT2D eigenvalue weighted by Gasteiger charge is -2.46. The van der Waals surface area contributed by atoms with Gasteiger partial charge in [-0.05, 0) is 6.42 Å². The quantitative estimate of drug-likeness (QED) is 0.593. The highest BCUT2D eigenvalue weighted by Crippen LogP contribution is 2.48. The molecule has 1 fully saturated rings. The molecule has 5 heterocycles. The highest BCUT2D eigenvalue weighted by atomic mass is 16.6. The third kappa shape index (κ3) is 1.76. The van der Waals surface area contributed by atoms with Crippen molar-refractivity contribution in [2.45, 2.75) is 38.2 Å². The molecule has 1 aromatic rings. The smallest absolute Gasteiger partial charge is 0.424 e. The van der Waals surface area contributed by atoms with Gasteiger partial charge in [-0.15, -0.1) is 0 Å². The highest BCUT2D eigenvalue weighted by molar-refractivity contribution is 6.30. The first-order valence-corrected chi connectivity index (χ1v) is 7.41. The van der Waals surface area contributed by atoms with E-state index >= 15 is 0 Å². The Morgan fingerprint density at radius 2 is 2.00 bits per heavy atom. The van der Waals surface area contributed by atoms with Crippen LogP contribution in [0, 0.1) is 0 Å². The normalized spacial score (nSPS) is 22.5. The van der Waals surface area contributed by atoms with E-state index in [9.17, 15) is 9.59 Å². The van der Waals surface area contributed by atoms with Crippen molar-refractivity contribution < 1.29 is 23.6 Å². The molecule has 1 saturated heterocycles. The van der Waals surface area contributed by atoms with Gasteiger partial charge in [0.2, 0.25) is 17.6 Å². The molecule has 5 rings (SSSR count). The molecule has 4 aliphatic heterocycles. The lowest BCUT2D eigenvalue weighted by Crippen LogP contribution is -2.52. The van der Waals surface area contributed by atoms with Gasteiger partial charge in [0.05, 0.1) is 0 Å². The predicted molar refractivity (Wildman–Crippen MR) is 70.9 cm³/mol. The van der Waals surface area contributed by atoms with Gasteiger partial charge in [0.15, 0.2) is 5.60 Å². The predicted octanol–water partition coefficient (Wildman–Crippen LogP) is 0.639. The van der Waals surface area contributed by atoms with Crippen LogP contribution in [0.3, 0.4) is 0 Å². The van der Waals surface area contributed by atoms with Crippen molar-refractivity contribution in [3.05, 3.63) is 17.6 Å². The summed E-state index contributed by atoms with van der Waals surface area (Å²) in [7, 11) is 0. The number of hydrogen-bond acceptors (Lipinski definition) is 8. The molecular weight excluding hydrogens is 290 g/mol. The number of fused-ring (bicyclic) bond motifs is 2. The van der Waals surface area contributed by atoms with Crippen molar-refractivity contribution in [2.75, 3.05) is 13.1 Å². The molecule has 0 atom stereocenters. The van der Waals surface area contributed by atoms with E-state index in [1.165, 1.54) is 0 Å². The summed E-state index contributed by atoms with van der Waals surface area (Å²) in [6.07, 6.45) is 2.73. The van der Waals surface area contributed by atoms with Crippen LogP contribution < -0.4 is 0 Å². The molecule has 0 radical (unpaired) electrons. The van der Waals surface area contributed by atoms with E-state index in [4.69, 9.17) is 14.0 Å². The lowest BCUT2D eigenvalue weighted by molar-refractivity contribution is -0.169. The van der Waals surface area contributed by atoms with Crippen LogP contribution in [0.1, 0.15) is 37.9 Å². The van der Waals surface area contributed by atoms with E-state index in [1.54, 1.807) is 0 Å². The highest BCUT2D eigenvalue weighted by Gasteiger charge is 2.55. The Hall–Kier alpha value is -2.38. The van der Waals surface area contributed by atoms with Crippen LogP contribution in [0.5, 0.6) is 0 Å². The Morgan fingerprint density at radius 1 is 1.23 bits per heavy atom. The Bertz CT molecular complexity index is 684. The maximum Gasteiger partial charge on any atom is 0.424 e. The van der Waals surface area contributed by atoms with Crippen molar-refractivity contribution in [1.82, 2.24) is 15.0 Å². The maximum atomic E-state index is 11.8. The molecule has 0 aromatic carbocycles. The second-order valence-corrected chi connectivity index (χ2v) is 5.70. The first kappa shape index (κ1) is 13.3. The second kappa shape index (κ2) is 4.56. The standard InChI is InChI=1S/C14H15N3O5/c1-2-3-8-15-10(16-22-8)9-11-17-6-4-14(9,5-7-17)21-13(19)12(18)20-11/h2-7H2,1H3. The summed E-state index contributed by atoms with van der Waals surface area (Å²) >= 11 is 0. The number of carbonyl (C=O) groups is 2. The van der Waals surface area contributed by atoms with E-state index in [0.29, 0.717) is 55.5 Å². The third-order valence-electron chi connectivity index (χ3n) is 4.33. The largest absolute Gasteiger partial charge is 0.445 e. The zero-order valence-electron chi connectivity index (χ0n) is 12.1. The maximum absolute atomic E-state index is 11.8. The van der Waals surface area contributed by atoms with Crippen molar-refractivity contribution >= 4 is 17.5 Å². The van der Waals surface area contributed by atoms with Gasteiger partial charge in [0.1, 0.15) is 5.57 Å². The van der Waals surface area contributed by atoms with Crippen LogP contribution in [0.25, 0.3) is 5.57 Å². The molecule has 0 amide bonds. The molecule has 1 spiro atoms. The average molecular weight is 305 g/mol. The minimum absolute atomic E-state index is 0.331. The SMILES string of the molecule is CCCc1nc(C2=C3OC(=O)C(=O)OC24CCN3CC4)no1. The van der Waals surface area contributed by atoms with E-state index in [1.807, 2.05) is 11.8 Å². The van der Waals surface area contributed by atoms with Crippen molar-refractivity contribution in [1.29, 1.82) is 0 Å². The Kier molecular flexibility index (Phi) is 2.75. The molecule has 22 heavy (non-hydrogen) atoms. The minimum Gasteiger partial charge on any atom is -0.445 e. The second-order valence-electron chi connectivity index (χ2n) is 5.70. The summed E-state index contributed by atoms with van der Waals surface area (Å²) in [5.74, 6) is -0.774.